The molecule has 1 saturated carbocycles. The molecule has 4 nitrogen and oxygen atoms in total. The maximum absolute atomic E-state index is 13.2. The van der Waals surface area contributed by atoms with Crippen molar-refractivity contribution in [2.24, 2.45) is 5.92 Å². The fourth-order valence-electron chi connectivity index (χ4n) is 3.20. The summed E-state index contributed by atoms with van der Waals surface area (Å²) in [4.78, 5) is 17.7. The van der Waals surface area contributed by atoms with E-state index in [0.717, 1.165) is 0 Å². The number of hydrogen-bond acceptors (Lipinski definition) is 3. The fourth-order valence-corrected chi connectivity index (χ4v) is 3.20. The van der Waals surface area contributed by atoms with E-state index in [-0.39, 0.29) is 49.5 Å². The smallest absolute Gasteiger partial charge is 0.248 e. The van der Waals surface area contributed by atoms with Gasteiger partial charge in [0.05, 0.1) is 6.54 Å². The number of aromatic nitrogens is 1. The summed E-state index contributed by atoms with van der Waals surface area (Å²) in [6.07, 6.45) is 0.429. The molecule has 1 amide bonds. The molecule has 1 aromatic heterocycles. The van der Waals surface area contributed by atoms with E-state index in [2.05, 4.69) is 4.98 Å². The number of alkyl halides is 2. The zero-order valence-corrected chi connectivity index (χ0v) is 12.7. The van der Waals surface area contributed by atoms with Gasteiger partial charge >= 0.3 is 0 Å². The lowest BCUT2D eigenvalue weighted by molar-refractivity contribution is -0.138. The largest absolute Gasteiger partial charge is 0.472 e. The van der Waals surface area contributed by atoms with Gasteiger partial charge in [-0.15, -0.1) is 0 Å². The predicted octanol–water partition coefficient (Wildman–Crippen LogP) is 3.03. The van der Waals surface area contributed by atoms with E-state index < -0.39 is 11.9 Å². The first-order valence-corrected chi connectivity index (χ1v) is 7.89. The standard InChI is InChI=1S/C16H19F3N2O2/c17-13-2-1-3-14(20-13)23-12-6-9-21(10-12)15(22)11-4-7-16(18,19)8-5-11/h1-3,11-12H,4-10H2. The highest BCUT2D eigenvalue weighted by molar-refractivity contribution is 5.79. The van der Waals surface area contributed by atoms with Gasteiger partial charge in [0.2, 0.25) is 23.7 Å². The lowest BCUT2D eigenvalue weighted by Gasteiger charge is -2.30. The number of likely N-dealkylation sites (tertiary alicyclic amines) is 1. The average molecular weight is 328 g/mol. The SMILES string of the molecule is O=C(C1CCC(F)(F)CC1)N1CCC(Oc2cccc(F)n2)C1. The monoisotopic (exact) mass is 328 g/mol. The summed E-state index contributed by atoms with van der Waals surface area (Å²) in [6, 6.07) is 4.31. The fraction of sp³-hybridized carbons (Fsp3) is 0.625. The molecule has 1 atom stereocenters. The van der Waals surface area contributed by atoms with Gasteiger partial charge in [0.25, 0.3) is 0 Å². The van der Waals surface area contributed by atoms with Gasteiger partial charge in [-0.05, 0) is 18.9 Å². The highest BCUT2D eigenvalue weighted by Gasteiger charge is 2.40. The summed E-state index contributed by atoms with van der Waals surface area (Å²) in [7, 11) is 0. The van der Waals surface area contributed by atoms with Crippen LogP contribution in [0.1, 0.15) is 32.1 Å². The van der Waals surface area contributed by atoms with Gasteiger partial charge in [0.1, 0.15) is 6.10 Å². The highest BCUT2D eigenvalue weighted by Crippen LogP contribution is 2.37. The molecule has 1 unspecified atom stereocenters. The van der Waals surface area contributed by atoms with E-state index in [1.807, 2.05) is 0 Å². The summed E-state index contributed by atoms with van der Waals surface area (Å²) < 4.78 is 45.0. The van der Waals surface area contributed by atoms with Crippen molar-refractivity contribution in [3.63, 3.8) is 0 Å². The molecule has 3 rings (SSSR count). The second kappa shape index (κ2) is 6.37. The van der Waals surface area contributed by atoms with E-state index in [9.17, 15) is 18.0 Å². The highest BCUT2D eigenvalue weighted by atomic mass is 19.3. The number of ether oxygens (including phenoxy) is 1. The number of hydrogen-bond donors (Lipinski definition) is 0. The Bertz CT molecular complexity index is 572. The first kappa shape index (κ1) is 16.1. The molecule has 0 bridgehead atoms. The molecular weight excluding hydrogens is 309 g/mol. The minimum Gasteiger partial charge on any atom is -0.472 e. The molecule has 23 heavy (non-hydrogen) atoms. The minimum absolute atomic E-state index is 0.0706. The van der Waals surface area contributed by atoms with Crippen LogP contribution in [0.5, 0.6) is 5.88 Å². The third-order valence-corrected chi connectivity index (χ3v) is 4.50. The minimum atomic E-state index is -2.63. The van der Waals surface area contributed by atoms with Crippen molar-refractivity contribution < 1.29 is 22.7 Å². The van der Waals surface area contributed by atoms with E-state index in [1.165, 1.54) is 12.1 Å². The first-order chi connectivity index (χ1) is 10.9. The van der Waals surface area contributed by atoms with Gasteiger partial charge < -0.3 is 9.64 Å². The van der Waals surface area contributed by atoms with Gasteiger partial charge in [0.15, 0.2) is 0 Å². The van der Waals surface area contributed by atoms with Crippen LogP contribution in [0.3, 0.4) is 0 Å². The second-order valence-electron chi connectivity index (χ2n) is 6.24. The van der Waals surface area contributed by atoms with Crippen LogP contribution in [-0.2, 0) is 4.79 Å². The summed E-state index contributed by atoms with van der Waals surface area (Å²) in [5.74, 6) is -3.44. The van der Waals surface area contributed by atoms with E-state index in [0.29, 0.717) is 19.5 Å². The molecular formula is C16H19F3N2O2. The Hall–Kier alpha value is -1.79. The van der Waals surface area contributed by atoms with Crippen LogP contribution >= 0.6 is 0 Å². The molecule has 0 spiro atoms. The molecule has 1 saturated heterocycles. The van der Waals surface area contributed by atoms with E-state index >= 15 is 0 Å². The van der Waals surface area contributed by atoms with Crippen LogP contribution < -0.4 is 4.74 Å². The first-order valence-electron chi connectivity index (χ1n) is 7.89. The number of pyridine rings is 1. The Kier molecular flexibility index (Phi) is 4.46. The van der Waals surface area contributed by atoms with Gasteiger partial charge in [-0.2, -0.15) is 9.37 Å². The molecule has 0 aromatic carbocycles. The second-order valence-corrected chi connectivity index (χ2v) is 6.24. The van der Waals surface area contributed by atoms with Crippen LogP contribution in [-0.4, -0.2) is 40.9 Å². The lowest BCUT2D eigenvalue weighted by Crippen LogP contribution is -2.39. The van der Waals surface area contributed by atoms with Crippen molar-refractivity contribution in [3.05, 3.63) is 24.1 Å². The van der Waals surface area contributed by atoms with E-state index in [4.69, 9.17) is 4.74 Å². The predicted molar refractivity (Wildman–Crippen MR) is 76.7 cm³/mol. The van der Waals surface area contributed by atoms with Crippen LogP contribution in [0.15, 0.2) is 18.2 Å². The summed E-state index contributed by atoms with van der Waals surface area (Å²) in [5, 5.41) is 0. The van der Waals surface area contributed by atoms with Gasteiger partial charge in [-0.25, -0.2) is 8.78 Å². The van der Waals surface area contributed by atoms with Crippen LogP contribution in [0.25, 0.3) is 0 Å². The molecule has 2 fully saturated rings. The third kappa shape index (κ3) is 3.95. The van der Waals surface area contributed by atoms with Crippen LogP contribution in [0, 0.1) is 11.9 Å². The molecule has 1 aromatic rings. The van der Waals surface area contributed by atoms with E-state index in [1.54, 1.807) is 11.0 Å². The summed E-state index contributed by atoms with van der Waals surface area (Å²) >= 11 is 0. The molecule has 1 aliphatic carbocycles. The zero-order chi connectivity index (χ0) is 16.4. The quantitative estimate of drug-likeness (QED) is 0.801. The van der Waals surface area contributed by atoms with Crippen LogP contribution in [0.4, 0.5) is 13.2 Å². The Labute approximate surface area is 132 Å². The van der Waals surface area contributed by atoms with Gasteiger partial charge in [-0.1, -0.05) is 6.07 Å². The number of rotatable bonds is 3. The van der Waals surface area contributed by atoms with Crippen molar-refractivity contribution in [2.75, 3.05) is 13.1 Å². The average Bonchev–Trinajstić information content (AvgIpc) is 2.95. The Morgan fingerprint density at radius 2 is 2.00 bits per heavy atom. The Balaban J connectivity index is 1.52. The number of amides is 1. The Morgan fingerprint density at radius 1 is 1.26 bits per heavy atom. The zero-order valence-electron chi connectivity index (χ0n) is 12.7. The molecule has 7 heteroatoms. The lowest BCUT2D eigenvalue weighted by atomic mass is 9.86. The topological polar surface area (TPSA) is 42.4 Å². The van der Waals surface area contributed by atoms with Crippen molar-refractivity contribution in [3.8, 4) is 5.88 Å². The Morgan fingerprint density at radius 3 is 2.70 bits per heavy atom. The molecule has 0 radical (unpaired) electrons. The van der Waals surface area contributed by atoms with Crippen LogP contribution in [0.2, 0.25) is 0 Å². The van der Waals surface area contributed by atoms with Gasteiger partial charge in [0, 0.05) is 37.8 Å². The molecule has 1 aliphatic heterocycles. The number of carbonyl (C=O) groups is 1. The van der Waals surface area contributed by atoms with Crippen molar-refractivity contribution in [1.82, 2.24) is 9.88 Å². The maximum Gasteiger partial charge on any atom is 0.248 e. The van der Waals surface area contributed by atoms with Crippen molar-refractivity contribution >= 4 is 5.91 Å². The normalized spacial score (nSPS) is 24.7. The molecule has 2 aliphatic rings. The van der Waals surface area contributed by atoms with Crippen molar-refractivity contribution in [2.45, 2.75) is 44.1 Å². The van der Waals surface area contributed by atoms with Crippen molar-refractivity contribution in [1.29, 1.82) is 0 Å². The summed E-state index contributed by atoms with van der Waals surface area (Å²) in [5.41, 5.74) is 0. The maximum atomic E-state index is 13.2. The number of nitrogens with zero attached hydrogens (tertiary/aromatic N) is 2. The molecule has 126 valence electrons. The third-order valence-electron chi connectivity index (χ3n) is 4.50. The molecule has 2 heterocycles. The number of carbonyl (C=O) groups excluding carboxylic acids is 1. The molecule has 0 N–H and O–H groups in total. The van der Waals surface area contributed by atoms with Gasteiger partial charge in [-0.3, -0.25) is 4.79 Å². The summed E-state index contributed by atoms with van der Waals surface area (Å²) in [6.45, 7) is 0.926. The number of halogens is 3.